The van der Waals surface area contributed by atoms with Crippen LogP contribution in [0.25, 0.3) is 0 Å². The van der Waals surface area contributed by atoms with Gasteiger partial charge in [-0.2, -0.15) is 0 Å². The minimum atomic E-state index is 0.332. The van der Waals surface area contributed by atoms with Crippen molar-refractivity contribution in [3.63, 3.8) is 0 Å². The number of hydrogen-bond donors (Lipinski definition) is 0. The van der Waals surface area contributed by atoms with E-state index in [0.717, 1.165) is 64.4 Å². The molecule has 0 N–H and O–H groups in total. The van der Waals surface area contributed by atoms with Crippen LogP contribution in [-0.2, 0) is 17.9 Å². The highest BCUT2D eigenvalue weighted by Gasteiger charge is 2.22. The van der Waals surface area contributed by atoms with Crippen LogP contribution in [0.4, 0.5) is 0 Å². The van der Waals surface area contributed by atoms with Crippen molar-refractivity contribution < 1.29 is 4.79 Å². The predicted octanol–water partition coefficient (Wildman–Crippen LogP) is 2.29. The fourth-order valence-electron chi connectivity index (χ4n) is 3.58. The fraction of sp³-hybridized carbons (Fsp3) is 0.667. The Kier molecular flexibility index (Phi) is 5.49. The van der Waals surface area contributed by atoms with Gasteiger partial charge in [-0.1, -0.05) is 12.2 Å². The molecule has 0 spiro atoms. The van der Waals surface area contributed by atoms with E-state index in [1.165, 1.54) is 0 Å². The van der Waals surface area contributed by atoms with Gasteiger partial charge in [-0.15, -0.1) is 0 Å². The van der Waals surface area contributed by atoms with Crippen LogP contribution >= 0.6 is 0 Å². The SMILES string of the molecule is CCn1ccnc1CN1CCCN(C(=O)C[C@@H]2C=CCC2)CC1. The molecule has 1 amide bonds. The van der Waals surface area contributed by atoms with Gasteiger partial charge in [-0.3, -0.25) is 9.69 Å². The van der Waals surface area contributed by atoms with E-state index >= 15 is 0 Å². The lowest BCUT2D eigenvalue weighted by atomic mass is 10.0. The quantitative estimate of drug-likeness (QED) is 0.783. The molecule has 0 radical (unpaired) electrons. The third kappa shape index (κ3) is 4.22. The van der Waals surface area contributed by atoms with E-state index in [2.05, 4.69) is 38.4 Å². The Bertz CT molecular complexity index is 551. The average molecular weight is 316 g/mol. The van der Waals surface area contributed by atoms with Gasteiger partial charge in [0.1, 0.15) is 5.82 Å². The van der Waals surface area contributed by atoms with Crippen molar-refractivity contribution in [2.75, 3.05) is 26.2 Å². The van der Waals surface area contributed by atoms with Crippen LogP contribution in [-0.4, -0.2) is 51.4 Å². The molecule has 1 atom stereocenters. The van der Waals surface area contributed by atoms with Gasteiger partial charge in [-0.05, 0) is 32.1 Å². The first-order valence-electron chi connectivity index (χ1n) is 8.93. The summed E-state index contributed by atoms with van der Waals surface area (Å²) in [5.74, 6) is 1.93. The first-order chi connectivity index (χ1) is 11.3. The molecular formula is C18H28N4O. The van der Waals surface area contributed by atoms with E-state index in [1.807, 2.05) is 12.4 Å². The lowest BCUT2D eigenvalue weighted by Crippen LogP contribution is -2.36. The highest BCUT2D eigenvalue weighted by molar-refractivity contribution is 5.76. The Morgan fingerprint density at radius 3 is 3.00 bits per heavy atom. The number of hydrogen-bond acceptors (Lipinski definition) is 3. The summed E-state index contributed by atoms with van der Waals surface area (Å²) >= 11 is 0. The zero-order chi connectivity index (χ0) is 16.1. The standard InChI is InChI=1S/C18H28N4O/c1-2-21-11-8-19-17(21)15-20-9-5-10-22(13-12-20)18(23)14-16-6-3-4-7-16/h3,6,8,11,16H,2,4-5,7,9-10,12-15H2,1H3/t16-/m1/s1. The zero-order valence-corrected chi connectivity index (χ0v) is 14.2. The molecule has 3 rings (SSSR count). The number of amides is 1. The molecule has 23 heavy (non-hydrogen) atoms. The van der Waals surface area contributed by atoms with Crippen molar-refractivity contribution >= 4 is 5.91 Å². The van der Waals surface area contributed by atoms with Crippen molar-refractivity contribution in [2.24, 2.45) is 5.92 Å². The van der Waals surface area contributed by atoms with E-state index in [-0.39, 0.29) is 0 Å². The minimum absolute atomic E-state index is 0.332. The molecule has 1 aliphatic carbocycles. The number of imidazole rings is 1. The molecule has 1 aromatic heterocycles. The van der Waals surface area contributed by atoms with E-state index in [0.29, 0.717) is 18.2 Å². The van der Waals surface area contributed by atoms with E-state index in [9.17, 15) is 4.79 Å². The monoisotopic (exact) mass is 316 g/mol. The van der Waals surface area contributed by atoms with Crippen LogP contribution in [0.3, 0.4) is 0 Å². The van der Waals surface area contributed by atoms with Crippen molar-refractivity contribution in [2.45, 2.75) is 45.7 Å². The molecule has 126 valence electrons. The van der Waals surface area contributed by atoms with Gasteiger partial charge in [0.2, 0.25) is 5.91 Å². The lowest BCUT2D eigenvalue weighted by Gasteiger charge is -2.23. The lowest BCUT2D eigenvalue weighted by molar-refractivity contribution is -0.131. The third-order valence-corrected chi connectivity index (χ3v) is 5.00. The van der Waals surface area contributed by atoms with E-state index < -0.39 is 0 Å². The molecule has 0 bridgehead atoms. The molecule has 1 aromatic rings. The number of allylic oxidation sites excluding steroid dienone is 2. The molecule has 2 aliphatic rings. The van der Waals surface area contributed by atoms with Crippen molar-refractivity contribution in [1.82, 2.24) is 19.4 Å². The molecule has 0 saturated carbocycles. The van der Waals surface area contributed by atoms with Gasteiger partial charge < -0.3 is 9.47 Å². The summed E-state index contributed by atoms with van der Waals surface area (Å²) in [6, 6.07) is 0. The van der Waals surface area contributed by atoms with Crippen LogP contribution in [0, 0.1) is 5.92 Å². The summed E-state index contributed by atoms with van der Waals surface area (Å²) in [5, 5.41) is 0. The van der Waals surface area contributed by atoms with E-state index in [1.54, 1.807) is 0 Å². The first-order valence-corrected chi connectivity index (χ1v) is 8.93. The molecule has 1 aliphatic heterocycles. The van der Waals surface area contributed by atoms with Gasteiger partial charge in [0.05, 0.1) is 6.54 Å². The number of rotatable bonds is 5. The van der Waals surface area contributed by atoms with Crippen LogP contribution < -0.4 is 0 Å². The van der Waals surface area contributed by atoms with E-state index in [4.69, 9.17) is 0 Å². The maximum absolute atomic E-state index is 12.5. The van der Waals surface area contributed by atoms with Gasteiger partial charge in [0, 0.05) is 51.5 Å². The third-order valence-electron chi connectivity index (χ3n) is 5.00. The first kappa shape index (κ1) is 16.2. The number of aromatic nitrogens is 2. The van der Waals surface area contributed by atoms with Crippen molar-refractivity contribution in [3.05, 3.63) is 30.4 Å². The van der Waals surface area contributed by atoms with Crippen LogP contribution in [0.5, 0.6) is 0 Å². The molecule has 5 nitrogen and oxygen atoms in total. The second-order valence-corrected chi connectivity index (χ2v) is 6.61. The van der Waals surface area contributed by atoms with Gasteiger partial charge in [0.25, 0.3) is 0 Å². The number of carbonyl (C=O) groups is 1. The fourth-order valence-corrected chi connectivity index (χ4v) is 3.58. The van der Waals surface area contributed by atoms with Crippen molar-refractivity contribution in [1.29, 1.82) is 0 Å². The predicted molar refractivity (Wildman–Crippen MR) is 90.9 cm³/mol. The Hall–Kier alpha value is -1.62. The van der Waals surface area contributed by atoms with Crippen LogP contribution in [0.15, 0.2) is 24.5 Å². The maximum atomic E-state index is 12.5. The summed E-state index contributed by atoms with van der Waals surface area (Å²) in [7, 11) is 0. The summed E-state index contributed by atoms with van der Waals surface area (Å²) in [4.78, 5) is 21.5. The molecule has 2 heterocycles. The minimum Gasteiger partial charge on any atom is -0.341 e. The van der Waals surface area contributed by atoms with Crippen molar-refractivity contribution in [3.8, 4) is 0 Å². The average Bonchev–Trinajstić information content (AvgIpc) is 3.15. The summed E-state index contributed by atoms with van der Waals surface area (Å²) in [5.41, 5.74) is 0. The Labute approximate surface area is 139 Å². The van der Waals surface area contributed by atoms with Gasteiger partial charge in [-0.25, -0.2) is 4.98 Å². The Balaban J connectivity index is 1.50. The maximum Gasteiger partial charge on any atom is 0.223 e. The summed E-state index contributed by atoms with van der Waals surface area (Å²) in [6.45, 7) is 7.73. The normalized spacial score (nSPS) is 22.5. The largest absolute Gasteiger partial charge is 0.341 e. The number of aryl methyl sites for hydroxylation is 1. The molecule has 1 saturated heterocycles. The van der Waals surface area contributed by atoms with Crippen LogP contribution in [0.1, 0.15) is 38.4 Å². The smallest absolute Gasteiger partial charge is 0.223 e. The molecular weight excluding hydrogens is 288 g/mol. The molecule has 0 aromatic carbocycles. The Morgan fingerprint density at radius 1 is 1.30 bits per heavy atom. The molecule has 1 fully saturated rings. The highest BCUT2D eigenvalue weighted by atomic mass is 16.2. The zero-order valence-electron chi connectivity index (χ0n) is 14.2. The van der Waals surface area contributed by atoms with Gasteiger partial charge >= 0.3 is 0 Å². The number of nitrogens with zero attached hydrogens (tertiary/aromatic N) is 4. The second-order valence-electron chi connectivity index (χ2n) is 6.61. The molecule has 0 unspecified atom stereocenters. The topological polar surface area (TPSA) is 41.4 Å². The number of carbonyl (C=O) groups excluding carboxylic acids is 1. The summed E-state index contributed by atoms with van der Waals surface area (Å²) < 4.78 is 2.19. The van der Waals surface area contributed by atoms with Gasteiger partial charge in [0.15, 0.2) is 0 Å². The van der Waals surface area contributed by atoms with Crippen LogP contribution in [0.2, 0.25) is 0 Å². The summed E-state index contributed by atoms with van der Waals surface area (Å²) in [6.07, 6.45) is 12.4. The Morgan fingerprint density at radius 2 is 2.22 bits per heavy atom. The second kappa shape index (κ2) is 7.77. The molecule has 5 heteroatoms. The highest BCUT2D eigenvalue weighted by Crippen LogP contribution is 2.21.